The normalized spacial score (nSPS) is 14.7. The van der Waals surface area contributed by atoms with Gasteiger partial charge in [0.05, 0.1) is 6.61 Å². The van der Waals surface area contributed by atoms with Gasteiger partial charge in [0.25, 0.3) is 0 Å². The first-order valence-corrected chi connectivity index (χ1v) is 4.74. The van der Waals surface area contributed by atoms with E-state index < -0.39 is 23.9 Å². The zero-order valence-corrected chi connectivity index (χ0v) is 9.32. The fraction of sp³-hybridized carbons (Fsp3) is 0.778. The Morgan fingerprint density at radius 1 is 1.40 bits per heavy atom. The highest BCUT2D eigenvalue weighted by atomic mass is 16.5. The summed E-state index contributed by atoms with van der Waals surface area (Å²) in [6.45, 7) is 3.69. The van der Waals surface area contributed by atoms with Crippen molar-refractivity contribution in [1.29, 1.82) is 0 Å². The summed E-state index contributed by atoms with van der Waals surface area (Å²) in [6, 6.07) is -1.48. The minimum atomic E-state index is -0.782. The molecule has 0 aromatic rings. The van der Waals surface area contributed by atoms with Crippen LogP contribution in [0, 0.1) is 5.92 Å². The Morgan fingerprint density at radius 3 is 2.27 bits per heavy atom. The molecule has 2 amide bonds. The van der Waals surface area contributed by atoms with Gasteiger partial charge < -0.3 is 21.5 Å². The van der Waals surface area contributed by atoms with Gasteiger partial charge in [0.15, 0.2) is 0 Å². The standard InChI is InChI=1S/C9H19N3O3/c1-5(2)7(8(11)13)12-9(14)6(10)4-15-3/h5-7H,4,10H2,1-3H3,(H2,11,13)(H,12,14). The molecule has 0 bridgehead atoms. The summed E-state index contributed by atoms with van der Waals surface area (Å²) in [5.74, 6) is -1.07. The molecule has 5 N–H and O–H groups in total. The Kier molecular flexibility index (Phi) is 5.88. The van der Waals surface area contributed by atoms with Crippen molar-refractivity contribution in [3.05, 3.63) is 0 Å². The molecule has 0 aliphatic carbocycles. The van der Waals surface area contributed by atoms with Crippen molar-refractivity contribution < 1.29 is 14.3 Å². The van der Waals surface area contributed by atoms with Crippen LogP contribution in [0.15, 0.2) is 0 Å². The van der Waals surface area contributed by atoms with Gasteiger partial charge in [-0.05, 0) is 5.92 Å². The van der Waals surface area contributed by atoms with Crippen molar-refractivity contribution in [2.75, 3.05) is 13.7 Å². The molecule has 0 rings (SSSR count). The monoisotopic (exact) mass is 217 g/mol. The number of nitrogens with one attached hydrogen (secondary N) is 1. The van der Waals surface area contributed by atoms with E-state index in [9.17, 15) is 9.59 Å². The molecule has 6 nitrogen and oxygen atoms in total. The lowest BCUT2D eigenvalue weighted by Gasteiger charge is -2.20. The van der Waals surface area contributed by atoms with E-state index in [0.29, 0.717) is 0 Å². The molecule has 0 spiro atoms. The van der Waals surface area contributed by atoms with Crippen molar-refractivity contribution in [2.45, 2.75) is 25.9 Å². The molecule has 0 aliphatic heterocycles. The van der Waals surface area contributed by atoms with E-state index in [2.05, 4.69) is 5.32 Å². The van der Waals surface area contributed by atoms with Crippen molar-refractivity contribution in [1.82, 2.24) is 5.32 Å². The number of primary amides is 1. The number of methoxy groups -OCH3 is 1. The summed E-state index contributed by atoms with van der Waals surface area (Å²) >= 11 is 0. The average molecular weight is 217 g/mol. The van der Waals surface area contributed by atoms with E-state index in [4.69, 9.17) is 16.2 Å². The quantitative estimate of drug-likeness (QED) is 0.507. The van der Waals surface area contributed by atoms with Crippen molar-refractivity contribution in [2.24, 2.45) is 17.4 Å². The zero-order chi connectivity index (χ0) is 12.0. The van der Waals surface area contributed by atoms with Crippen LogP contribution < -0.4 is 16.8 Å². The molecular formula is C9H19N3O3. The molecule has 0 saturated carbocycles. The maximum absolute atomic E-state index is 11.4. The Bertz CT molecular complexity index is 231. The van der Waals surface area contributed by atoms with E-state index >= 15 is 0 Å². The molecule has 88 valence electrons. The Hall–Kier alpha value is -1.14. The third kappa shape index (κ3) is 4.75. The van der Waals surface area contributed by atoms with Gasteiger partial charge in [0.2, 0.25) is 11.8 Å². The first-order valence-electron chi connectivity index (χ1n) is 4.74. The van der Waals surface area contributed by atoms with E-state index in [1.54, 1.807) is 13.8 Å². The van der Waals surface area contributed by atoms with Crippen LogP contribution in [-0.2, 0) is 14.3 Å². The van der Waals surface area contributed by atoms with E-state index in [1.165, 1.54) is 7.11 Å². The maximum atomic E-state index is 11.4. The maximum Gasteiger partial charge on any atom is 0.240 e. The Balaban J connectivity index is 4.29. The minimum absolute atomic E-state index is 0.0683. The Labute approximate surface area is 89.3 Å². The van der Waals surface area contributed by atoms with E-state index in [0.717, 1.165) is 0 Å². The van der Waals surface area contributed by atoms with Crippen LogP contribution in [0.3, 0.4) is 0 Å². The molecule has 0 radical (unpaired) electrons. The molecule has 0 saturated heterocycles. The summed E-state index contributed by atoms with van der Waals surface area (Å²) in [6.07, 6.45) is 0. The number of hydrogen-bond donors (Lipinski definition) is 3. The van der Waals surface area contributed by atoms with Crippen molar-refractivity contribution in [3.8, 4) is 0 Å². The lowest BCUT2D eigenvalue weighted by atomic mass is 10.0. The van der Waals surface area contributed by atoms with E-state index in [-0.39, 0.29) is 12.5 Å². The summed E-state index contributed by atoms with van der Waals surface area (Å²) < 4.78 is 4.73. The molecular weight excluding hydrogens is 198 g/mol. The second-order valence-corrected chi connectivity index (χ2v) is 3.69. The first kappa shape index (κ1) is 13.9. The number of ether oxygens (including phenoxy) is 1. The number of carbonyl (C=O) groups excluding carboxylic acids is 2. The molecule has 15 heavy (non-hydrogen) atoms. The average Bonchev–Trinajstić information content (AvgIpc) is 2.12. The van der Waals surface area contributed by atoms with Crippen molar-refractivity contribution in [3.63, 3.8) is 0 Å². The molecule has 6 heteroatoms. The van der Waals surface area contributed by atoms with Crippen LogP contribution in [0.1, 0.15) is 13.8 Å². The number of amides is 2. The summed E-state index contributed by atoms with van der Waals surface area (Å²) in [4.78, 5) is 22.4. The predicted molar refractivity (Wildman–Crippen MR) is 55.8 cm³/mol. The topological polar surface area (TPSA) is 107 Å². The number of rotatable bonds is 6. The minimum Gasteiger partial charge on any atom is -0.383 e. The first-order chi connectivity index (χ1) is 6.90. The fourth-order valence-corrected chi connectivity index (χ4v) is 1.08. The van der Waals surface area contributed by atoms with Crippen LogP contribution in [0.2, 0.25) is 0 Å². The summed E-state index contributed by atoms with van der Waals surface area (Å²) in [5.41, 5.74) is 10.6. The van der Waals surface area contributed by atoms with Gasteiger partial charge in [-0.2, -0.15) is 0 Å². The van der Waals surface area contributed by atoms with Gasteiger partial charge >= 0.3 is 0 Å². The molecule has 2 unspecified atom stereocenters. The van der Waals surface area contributed by atoms with E-state index in [1.807, 2.05) is 0 Å². The second kappa shape index (κ2) is 6.36. The smallest absolute Gasteiger partial charge is 0.240 e. The molecule has 0 aliphatic rings. The van der Waals surface area contributed by atoms with Crippen LogP contribution in [0.5, 0.6) is 0 Å². The summed E-state index contributed by atoms with van der Waals surface area (Å²) in [5, 5.41) is 2.48. The van der Waals surface area contributed by atoms with Gasteiger partial charge in [0.1, 0.15) is 12.1 Å². The predicted octanol–water partition coefficient (Wildman–Crippen LogP) is -1.41. The number of carbonyl (C=O) groups is 2. The van der Waals surface area contributed by atoms with Gasteiger partial charge in [0, 0.05) is 7.11 Å². The number of hydrogen-bond acceptors (Lipinski definition) is 4. The molecule has 0 aromatic carbocycles. The lowest BCUT2D eigenvalue weighted by Crippen LogP contribution is -2.53. The molecule has 0 fully saturated rings. The largest absolute Gasteiger partial charge is 0.383 e. The fourth-order valence-electron chi connectivity index (χ4n) is 1.08. The third-order valence-corrected chi connectivity index (χ3v) is 1.95. The highest BCUT2D eigenvalue weighted by Gasteiger charge is 2.24. The molecule has 2 atom stereocenters. The lowest BCUT2D eigenvalue weighted by molar-refractivity contribution is -0.129. The van der Waals surface area contributed by atoms with Crippen molar-refractivity contribution >= 4 is 11.8 Å². The van der Waals surface area contributed by atoms with Crippen LogP contribution in [0.4, 0.5) is 0 Å². The van der Waals surface area contributed by atoms with Crippen LogP contribution in [-0.4, -0.2) is 37.6 Å². The second-order valence-electron chi connectivity index (χ2n) is 3.69. The van der Waals surface area contributed by atoms with Gasteiger partial charge in [-0.3, -0.25) is 9.59 Å². The molecule has 0 heterocycles. The van der Waals surface area contributed by atoms with Gasteiger partial charge in [-0.15, -0.1) is 0 Å². The molecule has 0 aromatic heterocycles. The Morgan fingerprint density at radius 2 is 1.93 bits per heavy atom. The zero-order valence-electron chi connectivity index (χ0n) is 9.32. The SMILES string of the molecule is COCC(N)C(=O)NC(C(N)=O)C(C)C. The van der Waals surface area contributed by atoms with Crippen LogP contribution >= 0.6 is 0 Å². The van der Waals surface area contributed by atoms with Crippen LogP contribution in [0.25, 0.3) is 0 Å². The number of nitrogens with two attached hydrogens (primary N) is 2. The highest BCUT2D eigenvalue weighted by molar-refractivity contribution is 5.89. The van der Waals surface area contributed by atoms with Gasteiger partial charge in [-0.25, -0.2) is 0 Å². The highest BCUT2D eigenvalue weighted by Crippen LogP contribution is 2.00. The third-order valence-electron chi connectivity index (χ3n) is 1.95. The summed E-state index contributed by atoms with van der Waals surface area (Å²) in [7, 11) is 1.45. The van der Waals surface area contributed by atoms with Gasteiger partial charge in [-0.1, -0.05) is 13.8 Å².